The molecule has 0 aromatic carbocycles. The van der Waals surface area contributed by atoms with Gasteiger partial charge in [-0.05, 0) is 31.1 Å². The summed E-state index contributed by atoms with van der Waals surface area (Å²) in [5.41, 5.74) is -0.296. The van der Waals surface area contributed by atoms with Gasteiger partial charge in [0, 0.05) is 0 Å². The summed E-state index contributed by atoms with van der Waals surface area (Å²) in [5, 5.41) is 10.0. The summed E-state index contributed by atoms with van der Waals surface area (Å²) >= 11 is 0. The van der Waals surface area contributed by atoms with Crippen molar-refractivity contribution in [1.29, 1.82) is 0 Å². The molecule has 0 aromatic heterocycles. The second kappa shape index (κ2) is 5.89. The first-order valence-electron chi connectivity index (χ1n) is 6.24. The summed E-state index contributed by atoms with van der Waals surface area (Å²) in [4.78, 5) is 0. The summed E-state index contributed by atoms with van der Waals surface area (Å²) in [7, 11) is 0. The lowest BCUT2D eigenvalue weighted by Crippen LogP contribution is -2.41. The average molecular weight is 216 g/mol. The van der Waals surface area contributed by atoms with E-state index in [-0.39, 0.29) is 5.41 Å². The molecule has 0 bridgehead atoms. The van der Waals surface area contributed by atoms with Crippen molar-refractivity contribution in [3.8, 4) is 0 Å². The zero-order valence-electron chi connectivity index (χ0n) is 12.4. The molecule has 1 nitrogen and oxygen atoms in total. The molecule has 0 aromatic rings. The Morgan fingerprint density at radius 3 is 1.40 bits per heavy atom. The van der Waals surface area contributed by atoms with Gasteiger partial charge in [-0.25, -0.2) is 0 Å². The van der Waals surface area contributed by atoms with Crippen LogP contribution in [0.3, 0.4) is 0 Å². The topological polar surface area (TPSA) is 20.2 Å². The molecule has 0 atom stereocenters. The van der Waals surface area contributed by atoms with Crippen LogP contribution in [0.15, 0.2) is 0 Å². The van der Waals surface area contributed by atoms with Crippen LogP contribution in [0.2, 0.25) is 0 Å². The van der Waals surface area contributed by atoms with Crippen LogP contribution in [0.1, 0.15) is 75.2 Å². The standard InChI is InChI=1S/C12H26O.C2H6/c1-8-10(2,3)9-11(4,5)12(6,7)13;1-2/h13H,8-9H2,1-7H3;1-2H3. The minimum Gasteiger partial charge on any atom is -0.390 e. The van der Waals surface area contributed by atoms with E-state index in [1.165, 1.54) is 0 Å². The Balaban J connectivity index is 0. The normalized spacial score (nSPS) is 13.2. The van der Waals surface area contributed by atoms with E-state index in [1.54, 1.807) is 0 Å². The maximum atomic E-state index is 10.0. The van der Waals surface area contributed by atoms with Crippen molar-refractivity contribution in [2.45, 2.75) is 80.8 Å². The van der Waals surface area contributed by atoms with Crippen LogP contribution in [0.25, 0.3) is 0 Å². The van der Waals surface area contributed by atoms with Crippen molar-refractivity contribution in [2.24, 2.45) is 10.8 Å². The molecule has 15 heavy (non-hydrogen) atoms. The van der Waals surface area contributed by atoms with Gasteiger partial charge in [0.25, 0.3) is 0 Å². The van der Waals surface area contributed by atoms with E-state index in [9.17, 15) is 5.11 Å². The summed E-state index contributed by atoms with van der Waals surface area (Å²) in [6, 6.07) is 0. The quantitative estimate of drug-likeness (QED) is 0.726. The van der Waals surface area contributed by atoms with Crippen LogP contribution in [0.4, 0.5) is 0 Å². The first kappa shape index (κ1) is 17.4. The molecule has 0 saturated heterocycles. The van der Waals surface area contributed by atoms with E-state index >= 15 is 0 Å². The molecular formula is C14H32O. The van der Waals surface area contributed by atoms with Crippen LogP contribution in [0, 0.1) is 10.8 Å². The van der Waals surface area contributed by atoms with E-state index in [4.69, 9.17) is 0 Å². The third-order valence-electron chi connectivity index (χ3n) is 3.53. The summed E-state index contributed by atoms with van der Waals surface area (Å²) < 4.78 is 0. The van der Waals surface area contributed by atoms with E-state index in [0.717, 1.165) is 12.8 Å². The van der Waals surface area contributed by atoms with Crippen LogP contribution in [0.5, 0.6) is 0 Å². The molecular weight excluding hydrogens is 184 g/mol. The molecule has 1 N–H and O–H groups in total. The van der Waals surface area contributed by atoms with Gasteiger partial charge in [-0.2, -0.15) is 0 Å². The Morgan fingerprint density at radius 2 is 1.20 bits per heavy atom. The highest BCUT2D eigenvalue weighted by atomic mass is 16.3. The van der Waals surface area contributed by atoms with Gasteiger partial charge in [0.05, 0.1) is 5.60 Å². The second-order valence-corrected chi connectivity index (χ2v) is 6.14. The van der Waals surface area contributed by atoms with Gasteiger partial charge in [0.15, 0.2) is 0 Å². The maximum absolute atomic E-state index is 10.0. The zero-order chi connectivity index (χ0) is 12.9. The minimum absolute atomic E-state index is 0.0213. The van der Waals surface area contributed by atoms with E-state index in [2.05, 4.69) is 34.6 Å². The molecule has 0 heterocycles. The van der Waals surface area contributed by atoms with E-state index in [1.807, 2.05) is 27.7 Å². The SMILES string of the molecule is CC.CCC(C)(C)CC(C)(C)C(C)(C)O. The van der Waals surface area contributed by atoms with Crippen molar-refractivity contribution < 1.29 is 5.11 Å². The third kappa shape index (κ3) is 6.19. The van der Waals surface area contributed by atoms with Crippen LogP contribution >= 0.6 is 0 Å². The highest BCUT2D eigenvalue weighted by Gasteiger charge is 2.38. The molecule has 0 spiro atoms. The number of hydrogen-bond donors (Lipinski definition) is 1. The Morgan fingerprint density at radius 1 is 0.867 bits per heavy atom. The van der Waals surface area contributed by atoms with Crippen LogP contribution in [-0.4, -0.2) is 10.7 Å². The Bertz CT molecular complexity index is 161. The molecule has 0 aliphatic heterocycles. The lowest BCUT2D eigenvalue weighted by Gasteiger charge is -2.42. The second-order valence-electron chi connectivity index (χ2n) is 6.14. The fraction of sp³-hybridized carbons (Fsp3) is 1.00. The van der Waals surface area contributed by atoms with Gasteiger partial charge < -0.3 is 5.11 Å². The monoisotopic (exact) mass is 216 g/mol. The molecule has 0 rings (SSSR count). The van der Waals surface area contributed by atoms with Crippen molar-refractivity contribution in [1.82, 2.24) is 0 Å². The predicted molar refractivity (Wildman–Crippen MR) is 70.1 cm³/mol. The van der Waals surface area contributed by atoms with Gasteiger partial charge in [-0.3, -0.25) is 0 Å². The van der Waals surface area contributed by atoms with E-state index in [0.29, 0.717) is 5.41 Å². The molecule has 0 unspecified atom stereocenters. The first-order chi connectivity index (χ1) is 6.52. The number of rotatable bonds is 4. The maximum Gasteiger partial charge on any atom is 0.0642 e. The van der Waals surface area contributed by atoms with Gasteiger partial charge in [-0.15, -0.1) is 0 Å². The number of hydrogen-bond acceptors (Lipinski definition) is 1. The molecule has 0 saturated carbocycles. The highest BCUT2D eigenvalue weighted by Crippen LogP contribution is 2.42. The molecule has 0 aliphatic carbocycles. The van der Waals surface area contributed by atoms with Crippen molar-refractivity contribution in [2.75, 3.05) is 0 Å². The minimum atomic E-state index is -0.598. The van der Waals surface area contributed by atoms with Gasteiger partial charge in [0.1, 0.15) is 0 Å². The highest BCUT2D eigenvalue weighted by molar-refractivity contribution is 4.89. The Hall–Kier alpha value is -0.0400. The Labute approximate surface area is 97.3 Å². The fourth-order valence-electron chi connectivity index (χ4n) is 1.54. The third-order valence-corrected chi connectivity index (χ3v) is 3.53. The summed E-state index contributed by atoms with van der Waals surface area (Å²) in [5.74, 6) is 0. The summed E-state index contributed by atoms with van der Waals surface area (Å²) in [6.45, 7) is 18.8. The van der Waals surface area contributed by atoms with Crippen LogP contribution in [-0.2, 0) is 0 Å². The van der Waals surface area contributed by atoms with Gasteiger partial charge in [0.2, 0.25) is 0 Å². The van der Waals surface area contributed by atoms with Crippen molar-refractivity contribution >= 4 is 0 Å². The van der Waals surface area contributed by atoms with Crippen molar-refractivity contribution in [3.05, 3.63) is 0 Å². The van der Waals surface area contributed by atoms with Crippen LogP contribution < -0.4 is 0 Å². The first-order valence-corrected chi connectivity index (χ1v) is 6.24. The molecule has 1 heteroatoms. The fourth-order valence-corrected chi connectivity index (χ4v) is 1.54. The molecule has 0 aliphatic rings. The van der Waals surface area contributed by atoms with E-state index < -0.39 is 5.60 Å². The molecule has 0 amide bonds. The Kier molecular flexibility index (Phi) is 6.81. The lowest BCUT2D eigenvalue weighted by molar-refractivity contribution is -0.0572. The predicted octanol–water partition coefficient (Wildman–Crippen LogP) is 4.64. The van der Waals surface area contributed by atoms with Crippen molar-refractivity contribution in [3.63, 3.8) is 0 Å². The van der Waals surface area contributed by atoms with Gasteiger partial charge >= 0.3 is 0 Å². The van der Waals surface area contributed by atoms with Gasteiger partial charge in [-0.1, -0.05) is 54.9 Å². The lowest BCUT2D eigenvalue weighted by atomic mass is 9.66. The molecule has 94 valence electrons. The summed E-state index contributed by atoms with van der Waals surface area (Å²) in [6.07, 6.45) is 2.21. The zero-order valence-corrected chi connectivity index (χ0v) is 12.4. The smallest absolute Gasteiger partial charge is 0.0642 e. The molecule has 0 fully saturated rings. The number of aliphatic hydroxyl groups is 1. The largest absolute Gasteiger partial charge is 0.390 e. The molecule has 0 radical (unpaired) electrons. The average Bonchev–Trinajstić information content (AvgIpc) is 2.04.